The third-order valence-electron chi connectivity index (χ3n) is 3.10. The summed E-state index contributed by atoms with van der Waals surface area (Å²) in [6.45, 7) is 2.90. The van der Waals surface area contributed by atoms with Gasteiger partial charge in [-0.05, 0) is 52.3 Å². The van der Waals surface area contributed by atoms with Gasteiger partial charge in [0, 0.05) is 13.1 Å². The van der Waals surface area contributed by atoms with Crippen LogP contribution in [0, 0.1) is 0 Å². The van der Waals surface area contributed by atoms with Crippen molar-refractivity contribution in [1.29, 1.82) is 0 Å². The first kappa shape index (κ1) is 19.2. The molecule has 0 bridgehead atoms. The van der Waals surface area contributed by atoms with Crippen LogP contribution in [0.15, 0.2) is 60.7 Å². The number of hydrogen-bond acceptors (Lipinski definition) is 3. The van der Waals surface area contributed by atoms with E-state index in [0.717, 1.165) is 31.9 Å². The van der Waals surface area contributed by atoms with E-state index < -0.39 is 0 Å². The van der Waals surface area contributed by atoms with Gasteiger partial charge in [0.15, 0.2) is 0 Å². The van der Waals surface area contributed by atoms with Crippen LogP contribution in [0.25, 0.3) is 0 Å². The molecular formula is C20H30N2O. The van der Waals surface area contributed by atoms with E-state index in [9.17, 15) is 0 Å². The van der Waals surface area contributed by atoms with Crippen molar-refractivity contribution >= 4 is 0 Å². The third kappa shape index (κ3) is 10.5. The van der Waals surface area contributed by atoms with Gasteiger partial charge >= 0.3 is 0 Å². The lowest BCUT2D eigenvalue weighted by molar-refractivity contribution is 0.281. The van der Waals surface area contributed by atoms with Crippen LogP contribution in [-0.4, -0.2) is 51.1 Å². The first-order valence-electron chi connectivity index (χ1n) is 8.09. The highest BCUT2D eigenvalue weighted by Gasteiger charge is 1.93. The van der Waals surface area contributed by atoms with Crippen LogP contribution in [-0.2, 0) is 6.54 Å². The number of ether oxygens (including phenoxy) is 1. The maximum absolute atomic E-state index is 5.53. The number of hydrogen-bond donors (Lipinski definition) is 0. The van der Waals surface area contributed by atoms with Gasteiger partial charge in [-0.25, -0.2) is 0 Å². The average molecular weight is 314 g/mol. The quantitative estimate of drug-likeness (QED) is 0.724. The molecule has 0 saturated carbocycles. The molecule has 0 fully saturated rings. The Morgan fingerprint density at radius 2 is 1.30 bits per heavy atom. The molecule has 2 rings (SSSR count). The van der Waals surface area contributed by atoms with Gasteiger partial charge in [-0.3, -0.25) is 0 Å². The topological polar surface area (TPSA) is 15.7 Å². The molecule has 23 heavy (non-hydrogen) atoms. The lowest BCUT2D eigenvalue weighted by atomic mass is 10.2. The van der Waals surface area contributed by atoms with E-state index in [1.807, 2.05) is 36.4 Å². The molecule has 0 aromatic heterocycles. The largest absolute Gasteiger partial charge is 0.494 e. The molecule has 0 N–H and O–H groups in total. The molecule has 3 heteroatoms. The van der Waals surface area contributed by atoms with Crippen molar-refractivity contribution in [3.05, 3.63) is 66.2 Å². The first-order chi connectivity index (χ1) is 11.1. The molecule has 0 aliphatic rings. The zero-order chi connectivity index (χ0) is 16.9. The van der Waals surface area contributed by atoms with Gasteiger partial charge in [-0.2, -0.15) is 0 Å². The van der Waals surface area contributed by atoms with E-state index in [0.29, 0.717) is 0 Å². The summed E-state index contributed by atoms with van der Waals surface area (Å²) in [6, 6.07) is 20.4. The van der Waals surface area contributed by atoms with Crippen LogP contribution in [0.4, 0.5) is 0 Å². The van der Waals surface area contributed by atoms with Gasteiger partial charge in [-0.15, -0.1) is 0 Å². The molecule has 3 nitrogen and oxygen atoms in total. The highest BCUT2D eigenvalue weighted by Crippen LogP contribution is 2.08. The van der Waals surface area contributed by atoms with E-state index in [1.54, 1.807) is 0 Å². The average Bonchev–Trinajstić information content (AvgIpc) is 2.53. The van der Waals surface area contributed by atoms with Crippen molar-refractivity contribution in [1.82, 2.24) is 9.80 Å². The third-order valence-corrected chi connectivity index (χ3v) is 3.10. The Bertz CT molecular complexity index is 498. The van der Waals surface area contributed by atoms with Crippen molar-refractivity contribution in [3.8, 4) is 5.75 Å². The van der Waals surface area contributed by atoms with Gasteiger partial charge in [-0.1, -0.05) is 48.5 Å². The van der Waals surface area contributed by atoms with Crippen LogP contribution in [0.1, 0.15) is 12.0 Å². The van der Waals surface area contributed by atoms with Crippen molar-refractivity contribution in [2.45, 2.75) is 13.0 Å². The van der Waals surface area contributed by atoms with Crippen molar-refractivity contribution in [3.63, 3.8) is 0 Å². The minimum atomic E-state index is 0.794. The Kier molecular flexibility index (Phi) is 9.76. The lowest BCUT2D eigenvalue weighted by Crippen LogP contribution is -2.15. The molecule has 2 aromatic rings. The van der Waals surface area contributed by atoms with Gasteiger partial charge in [0.05, 0.1) is 6.61 Å². The van der Waals surface area contributed by atoms with Gasteiger partial charge in [0.1, 0.15) is 5.75 Å². The molecule has 126 valence electrons. The van der Waals surface area contributed by atoms with Crippen LogP contribution < -0.4 is 4.74 Å². The zero-order valence-electron chi connectivity index (χ0n) is 14.9. The Balaban J connectivity index is 0.000000238. The summed E-state index contributed by atoms with van der Waals surface area (Å²) in [7, 11) is 8.30. The van der Waals surface area contributed by atoms with Gasteiger partial charge in [0.2, 0.25) is 0 Å². The monoisotopic (exact) mass is 314 g/mol. The summed E-state index contributed by atoms with van der Waals surface area (Å²) in [6.07, 6.45) is 1.07. The minimum Gasteiger partial charge on any atom is -0.494 e. The van der Waals surface area contributed by atoms with E-state index in [2.05, 4.69) is 62.3 Å². The summed E-state index contributed by atoms with van der Waals surface area (Å²) in [5.74, 6) is 0.959. The summed E-state index contributed by atoms with van der Waals surface area (Å²) in [4.78, 5) is 4.32. The second-order valence-electron chi connectivity index (χ2n) is 6.04. The molecule has 0 atom stereocenters. The summed E-state index contributed by atoms with van der Waals surface area (Å²) < 4.78 is 5.53. The van der Waals surface area contributed by atoms with E-state index >= 15 is 0 Å². The molecule has 2 aromatic carbocycles. The van der Waals surface area contributed by atoms with Gasteiger partial charge < -0.3 is 14.5 Å². The molecule has 0 aliphatic carbocycles. The molecule has 0 spiro atoms. The van der Waals surface area contributed by atoms with Crippen molar-refractivity contribution in [2.75, 3.05) is 41.3 Å². The fourth-order valence-corrected chi connectivity index (χ4v) is 2.04. The van der Waals surface area contributed by atoms with E-state index in [4.69, 9.17) is 4.74 Å². The maximum Gasteiger partial charge on any atom is 0.119 e. The SMILES string of the molecule is CN(C)CCCOc1ccccc1.CN(C)Cc1ccccc1. The highest BCUT2D eigenvalue weighted by atomic mass is 16.5. The Labute approximate surface area is 141 Å². The normalized spacial score (nSPS) is 10.3. The van der Waals surface area contributed by atoms with Crippen molar-refractivity contribution in [2.24, 2.45) is 0 Å². The lowest BCUT2D eigenvalue weighted by Gasteiger charge is -2.09. The number of para-hydroxylation sites is 1. The smallest absolute Gasteiger partial charge is 0.119 e. The predicted molar refractivity (Wildman–Crippen MR) is 98.9 cm³/mol. The summed E-state index contributed by atoms with van der Waals surface area (Å²) in [5.41, 5.74) is 1.37. The predicted octanol–water partition coefficient (Wildman–Crippen LogP) is 3.77. The highest BCUT2D eigenvalue weighted by molar-refractivity contribution is 5.20. The number of benzene rings is 2. The minimum absolute atomic E-state index is 0.794. The van der Waals surface area contributed by atoms with Crippen LogP contribution >= 0.6 is 0 Å². The molecule has 0 aliphatic heterocycles. The second-order valence-corrected chi connectivity index (χ2v) is 6.04. The molecule has 0 unspecified atom stereocenters. The van der Waals surface area contributed by atoms with Crippen molar-refractivity contribution < 1.29 is 4.74 Å². The molecule has 0 heterocycles. The fraction of sp³-hybridized carbons (Fsp3) is 0.400. The molecule has 0 radical (unpaired) electrons. The second kappa shape index (κ2) is 11.7. The van der Waals surface area contributed by atoms with Crippen LogP contribution in [0.5, 0.6) is 5.75 Å². The number of rotatable bonds is 7. The Hall–Kier alpha value is -1.84. The van der Waals surface area contributed by atoms with E-state index in [-0.39, 0.29) is 0 Å². The molecule has 0 saturated heterocycles. The van der Waals surface area contributed by atoms with Crippen LogP contribution in [0.3, 0.4) is 0 Å². The molecular weight excluding hydrogens is 284 g/mol. The maximum atomic E-state index is 5.53. The summed E-state index contributed by atoms with van der Waals surface area (Å²) in [5, 5.41) is 0. The first-order valence-corrected chi connectivity index (χ1v) is 8.09. The molecule has 0 amide bonds. The standard InChI is InChI=1S/C11H17NO.C9H13N/c1-12(2)9-6-10-13-11-7-4-3-5-8-11;1-10(2)8-9-6-4-3-5-7-9/h3-5,7-8H,6,9-10H2,1-2H3;3-7H,8H2,1-2H3. The van der Waals surface area contributed by atoms with Crippen LogP contribution in [0.2, 0.25) is 0 Å². The van der Waals surface area contributed by atoms with Gasteiger partial charge in [0.25, 0.3) is 0 Å². The fourth-order valence-electron chi connectivity index (χ4n) is 2.04. The Morgan fingerprint density at radius 3 is 1.83 bits per heavy atom. The summed E-state index contributed by atoms with van der Waals surface area (Å²) >= 11 is 0. The Morgan fingerprint density at radius 1 is 0.739 bits per heavy atom. The number of nitrogens with zero attached hydrogens (tertiary/aromatic N) is 2. The zero-order valence-corrected chi connectivity index (χ0v) is 14.9. The van der Waals surface area contributed by atoms with E-state index in [1.165, 1.54) is 5.56 Å².